The second-order valence-electron chi connectivity index (χ2n) is 6.27. The molecule has 1 aliphatic rings. The van der Waals surface area contributed by atoms with Crippen LogP contribution in [0.15, 0.2) is 36.7 Å². The molecular weight excluding hydrogens is 272 g/mol. The van der Waals surface area contributed by atoms with Gasteiger partial charge in [-0.05, 0) is 56.1 Å². The van der Waals surface area contributed by atoms with E-state index in [1.807, 2.05) is 12.4 Å². The van der Waals surface area contributed by atoms with E-state index in [9.17, 15) is 0 Å². The number of aryl methyl sites for hydroxylation is 1. The molecule has 2 aromatic heterocycles. The van der Waals surface area contributed by atoms with Crippen molar-refractivity contribution >= 4 is 5.69 Å². The summed E-state index contributed by atoms with van der Waals surface area (Å²) in [5.74, 6) is 0. The minimum atomic E-state index is 0.423. The molecule has 0 spiro atoms. The first kappa shape index (κ1) is 15.0. The average Bonchev–Trinajstić information content (AvgIpc) is 2.96. The maximum Gasteiger partial charge on any atom is 0.0599 e. The van der Waals surface area contributed by atoms with Gasteiger partial charge in [0.15, 0.2) is 0 Å². The normalized spacial score (nSPS) is 18.6. The zero-order valence-electron chi connectivity index (χ0n) is 13.7. The van der Waals surface area contributed by atoms with Crippen LogP contribution in [-0.2, 0) is 6.54 Å². The molecule has 0 bridgehead atoms. The highest BCUT2D eigenvalue weighted by atomic mass is 15.2. The van der Waals surface area contributed by atoms with Crippen LogP contribution in [0, 0.1) is 6.92 Å². The van der Waals surface area contributed by atoms with E-state index in [0.717, 1.165) is 18.8 Å². The standard InChI is InChI=1S/C18H24N4/c1-14-11-16(21(2)3)12-17(20-14)18-5-4-10-22(18)13-15-6-8-19-9-7-15/h6-9,11-12,18H,4-5,10,13H2,1-3H3/t18-/m0/s1. The van der Waals surface area contributed by atoms with Gasteiger partial charge in [0.25, 0.3) is 0 Å². The predicted molar refractivity (Wildman–Crippen MR) is 89.9 cm³/mol. The van der Waals surface area contributed by atoms with Crippen molar-refractivity contribution in [3.8, 4) is 0 Å². The van der Waals surface area contributed by atoms with Crippen LogP contribution in [0.1, 0.15) is 35.8 Å². The second-order valence-corrected chi connectivity index (χ2v) is 6.27. The molecule has 0 aliphatic carbocycles. The molecule has 0 N–H and O–H groups in total. The minimum Gasteiger partial charge on any atom is -0.378 e. The first-order chi connectivity index (χ1) is 10.6. The Kier molecular flexibility index (Phi) is 4.39. The summed E-state index contributed by atoms with van der Waals surface area (Å²) in [6.07, 6.45) is 6.17. The molecule has 4 heteroatoms. The molecule has 4 nitrogen and oxygen atoms in total. The lowest BCUT2D eigenvalue weighted by Crippen LogP contribution is -2.24. The Balaban J connectivity index is 1.84. The quantitative estimate of drug-likeness (QED) is 0.867. The summed E-state index contributed by atoms with van der Waals surface area (Å²) in [4.78, 5) is 13.6. The third-order valence-corrected chi connectivity index (χ3v) is 4.31. The van der Waals surface area contributed by atoms with Crippen molar-refractivity contribution in [3.63, 3.8) is 0 Å². The van der Waals surface area contributed by atoms with Crippen LogP contribution in [0.4, 0.5) is 5.69 Å². The molecular formula is C18H24N4. The van der Waals surface area contributed by atoms with Crippen molar-refractivity contribution in [3.05, 3.63) is 53.6 Å². The number of anilines is 1. The topological polar surface area (TPSA) is 32.3 Å². The SMILES string of the molecule is Cc1cc(N(C)C)cc([C@@H]2CCCN2Cc2ccncc2)n1. The Morgan fingerprint density at radius 3 is 2.73 bits per heavy atom. The zero-order chi connectivity index (χ0) is 15.5. The number of hydrogen-bond donors (Lipinski definition) is 0. The van der Waals surface area contributed by atoms with Crippen LogP contribution in [0.25, 0.3) is 0 Å². The van der Waals surface area contributed by atoms with E-state index >= 15 is 0 Å². The van der Waals surface area contributed by atoms with E-state index in [1.165, 1.54) is 29.8 Å². The maximum absolute atomic E-state index is 4.81. The highest BCUT2D eigenvalue weighted by Gasteiger charge is 2.27. The molecule has 116 valence electrons. The third kappa shape index (κ3) is 3.28. The van der Waals surface area contributed by atoms with Gasteiger partial charge in [-0.3, -0.25) is 14.9 Å². The highest BCUT2D eigenvalue weighted by molar-refractivity contribution is 5.47. The minimum absolute atomic E-state index is 0.423. The lowest BCUT2D eigenvalue weighted by molar-refractivity contribution is 0.244. The summed E-state index contributed by atoms with van der Waals surface area (Å²) in [6.45, 7) is 4.19. The molecule has 0 radical (unpaired) electrons. The molecule has 0 unspecified atom stereocenters. The Morgan fingerprint density at radius 1 is 1.23 bits per heavy atom. The molecule has 0 saturated carbocycles. The smallest absolute Gasteiger partial charge is 0.0599 e. The summed E-state index contributed by atoms with van der Waals surface area (Å²) in [7, 11) is 4.17. The van der Waals surface area contributed by atoms with Crippen LogP contribution in [0.2, 0.25) is 0 Å². The number of nitrogens with zero attached hydrogens (tertiary/aromatic N) is 4. The molecule has 1 aliphatic heterocycles. The summed E-state index contributed by atoms with van der Waals surface area (Å²) in [6, 6.07) is 9.01. The van der Waals surface area contributed by atoms with Gasteiger partial charge in [0.05, 0.1) is 11.7 Å². The summed E-state index contributed by atoms with van der Waals surface area (Å²) < 4.78 is 0. The van der Waals surface area contributed by atoms with Gasteiger partial charge in [-0.25, -0.2) is 0 Å². The van der Waals surface area contributed by atoms with Gasteiger partial charge in [0.1, 0.15) is 0 Å². The number of likely N-dealkylation sites (tertiary alicyclic amines) is 1. The largest absolute Gasteiger partial charge is 0.378 e. The lowest BCUT2D eigenvalue weighted by atomic mass is 10.1. The molecule has 0 amide bonds. The molecule has 1 saturated heterocycles. The van der Waals surface area contributed by atoms with Gasteiger partial charge in [-0.1, -0.05) is 0 Å². The Bertz CT molecular complexity index is 624. The second kappa shape index (κ2) is 6.44. The van der Waals surface area contributed by atoms with Crippen molar-refractivity contribution in [1.82, 2.24) is 14.9 Å². The molecule has 1 fully saturated rings. The van der Waals surface area contributed by atoms with E-state index < -0.39 is 0 Å². The highest BCUT2D eigenvalue weighted by Crippen LogP contribution is 2.33. The average molecular weight is 296 g/mol. The van der Waals surface area contributed by atoms with Crippen molar-refractivity contribution < 1.29 is 0 Å². The Labute approximate surface area is 132 Å². The summed E-state index contributed by atoms with van der Waals surface area (Å²) >= 11 is 0. The van der Waals surface area contributed by atoms with Gasteiger partial charge in [-0.2, -0.15) is 0 Å². The van der Waals surface area contributed by atoms with Gasteiger partial charge < -0.3 is 4.90 Å². The van der Waals surface area contributed by atoms with E-state index in [1.54, 1.807) is 0 Å². The Morgan fingerprint density at radius 2 is 2.00 bits per heavy atom. The van der Waals surface area contributed by atoms with Crippen LogP contribution in [0.5, 0.6) is 0 Å². The summed E-state index contributed by atoms with van der Waals surface area (Å²) in [5, 5.41) is 0. The van der Waals surface area contributed by atoms with E-state index in [0.29, 0.717) is 6.04 Å². The van der Waals surface area contributed by atoms with Gasteiger partial charge in [0.2, 0.25) is 0 Å². The zero-order valence-corrected chi connectivity index (χ0v) is 13.7. The monoisotopic (exact) mass is 296 g/mol. The predicted octanol–water partition coefficient (Wildman–Crippen LogP) is 3.19. The van der Waals surface area contributed by atoms with E-state index in [2.05, 4.69) is 60.1 Å². The first-order valence-electron chi connectivity index (χ1n) is 7.92. The third-order valence-electron chi connectivity index (χ3n) is 4.31. The molecule has 0 aromatic carbocycles. The number of hydrogen-bond acceptors (Lipinski definition) is 4. The molecule has 3 rings (SSSR count). The van der Waals surface area contributed by atoms with Crippen LogP contribution < -0.4 is 4.90 Å². The van der Waals surface area contributed by atoms with Crippen LogP contribution >= 0.6 is 0 Å². The van der Waals surface area contributed by atoms with Crippen molar-refractivity contribution in [2.75, 3.05) is 25.5 Å². The van der Waals surface area contributed by atoms with E-state index in [-0.39, 0.29) is 0 Å². The van der Waals surface area contributed by atoms with Gasteiger partial charge in [0, 0.05) is 44.4 Å². The lowest BCUT2D eigenvalue weighted by Gasteiger charge is -2.25. The van der Waals surface area contributed by atoms with Gasteiger partial charge >= 0.3 is 0 Å². The van der Waals surface area contributed by atoms with Crippen molar-refractivity contribution in [2.45, 2.75) is 32.4 Å². The van der Waals surface area contributed by atoms with Gasteiger partial charge in [-0.15, -0.1) is 0 Å². The van der Waals surface area contributed by atoms with Crippen molar-refractivity contribution in [2.24, 2.45) is 0 Å². The molecule has 2 aromatic rings. The maximum atomic E-state index is 4.81. The summed E-state index contributed by atoms with van der Waals surface area (Å²) in [5.41, 5.74) is 4.85. The number of rotatable bonds is 4. The first-order valence-corrected chi connectivity index (χ1v) is 7.92. The fourth-order valence-electron chi connectivity index (χ4n) is 3.18. The Hall–Kier alpha value is -1.94. The van der Waals surface area contributed by atoms with E-state index in [4.69, 9.17) is 4.98 Å². The number of aromatic nitrogens is 2. The number of pyridine rings is 2. The molecule has 1 atom stereocenters. The van der Waals surface area contributed by atoms with Crippen molar-refractivity contribution in [1.29, 1.82) is 0 Å². The van der Waals surface area contributed by atoms with Crippen LogP contribution in [0.3, 0.4) is 0 Å². The fraction of sp³-hybridized carbons (Fsp3) is 0.444. The molecule has 3 heterocycles. The molecule has 22 heavy (non-hydrogen) atoms. The van der Waals surface area contributed by atoms with Crippen LogP contribution in [-0.4, -0.2) is 35.5 Å². The fourth-order valence-corrected chi connectivity index (χ4v) is 3.18.